The molecular weight excluding hydrogens is 318 g/mol. The number of benzene rings is 2. The molecule has 2 aromatic rings. The van der Waals surface area contributed by atoms with Crippen LogP contribution in [0.3, 0.4) is 0 Å². The summed E-state index contributed by atoms with van der Waals surface area (Å²) >= 11 is 5.61. The molecule has 2 N–H and O–H groups in total. The van der Waals surface area contributed by atoms with Gasteiger partial charge in [0.2, 0.25) is 0 Å². The molecule has 3 rings (SSSR count). The van der Waals surface area contributed by atoms with E-state index in [0.717, 1.165) is 42.7 Å². The Morgan fingerprint density at radius 2 is 1.54 bits per heavy atom. The molecule has 1 fully saturated rings. The molecule has 0 spiro atoms. The molecule has 4 nitrogen and oxygen atoms in total. The van der Waals surface area contributed by atoms with Crippen LogP contribution in [0.15, 0.2) is 42.5 Å². The number of phenolic OH excluding ortho intramolecular Hbond substituents is 1. The van der Waals surface area contributed by atoms with E-state index in [1.165, 1.54) is 11.1 Å². The third kappa shape index (κ3) is 3.62. The quantitative estimate of drug-likeness (QED) is 0.818. The molecule has 0 aliphatic carbocycles. The second-order valence-corrected chi connectivity index (χ2v) is 6.57. The fraction of sp³-hybridized carbons (Fsp3) is 0.316. The van der Waals surface area contributed by atoms with Gasteiger partial charge in [0.05, 0.1) is 0 Å². The maximum absolute atomic E-state index is 9.40. The number of rotatable bonds is 2. The maximum Gasteiger partial charge on any atom is 0.173 e. The number of phenols is 1. The summed E-state index contributed by atoms with van der Waals surface area (Å²) in [7, 11) is 0. The predicted octanol–water partition coefficient (Wildman–Crippen LogP) is 3.53. The van der Waals surface area contributed by atoms with Crippen molar-refractivity contribution < 1.29 is 5.11 Å². The Balaban J connectivity index is 1.60. The largest absolute Gasteiger partial charge is 0.508 e. The van der Waals surface area contributed by atoms with E-state index in [0.29, 0.717) is 5.75 Å². The van der Waals surface area contributed by atoms with E-state index in [4.69, 9.17) is 12.2 Å². The minimum atomic E-state index is 0.302. The predicted molar refractivity (Wildman–Crippen MR) is 104 cm³/mol. The highest BCUT2D eigenvalue weighted by molar-refractivity contribution is 7.80. The van der Waals surface area contributed by atoms with Crippen LogP contribution in [0.1, 0.15) is 11.1 Å². The molecule has 0 unspecified atom stereocenters. The zero-order valence-corrected chi connectivity index (χ0v) is 14.9. The molecule has 5 heteroatoms. The zero-order valence-electron chi connectivity index (χ0n) is 14.1. The van der Waals surface area contributed by atoms with Gasteiger partial charge >= 0.3 is 0 Å². The van der Waals surface area contributed by atoms with Gasteiger partial charge in [-0.2, -0.15) is 0 Å². The zero-order chi connectivity index (χ0) is 17.1. The summed E-state index contributed by atoms with van der Waals surface area (Å²) in [5, 5.41) is 13.6. The van der Waals surface area contributed by atoms with Gasteiger partial charge in [-0.25, -0.2) is 0 Å². The first-order chi connectivity index (χ1) is 11.5. The Labute approximate surface area is 148 Å². The van der Waals surface area contributed by atoms with Crippen molar-refractivity contribution in [2.24, 2.45) is 0 Å². The van der Waals surface area contributed by atoms with Crippen LogP contribution in [0.5, 0.6) is 5.75 Å². The number of nitrogens with one attached hydrogen (secondary N) is 1. The van der Waals surface area contributed by atoms with E-state index in [-0.39, 0.29) is 0 Å². The number of aromatic hydroxyl groups is 1. The van der Waals surface area contributed by atoms with Gasteiger partial charge in [0, 0.05) is 37.6 Å². The van der Waals surface area contributed by atoms with Crippen molar-refractivity contribution in [2.75, 3.05) is 36.4 Å². The average molecular weight is 341 g/mol. The highest BCUT2D eigenvalue weighted by atomic mass is 32.1. The van der Waals surface area contributed by atoms with Gasteiger partial charge in [-0.05, 0) is 61.5 Å². The number of para-hydroxylation sites is 1. The molecule has 2 aromatic carbocycles. The van der Waals surface area contributed by atoms with E-state index in [1.54, 1.807) is 12.1 Å². The number of hydrogen-bond donors (Lipinski definition) is 2. The summed E-state index contributed by atoms with van der Waals surface area (Å²) < 4.78 is 0. The molecule has 24 heavy (non-hydrogen) atoms. The number of piperazine rings is 1. The van der Waals surface area contributed by atoms with Crippen LogP contribution in [-0.4, -0.2) is 41.3 Å². The third-order valence-electron chi connectivity index (χ3n) is 4.49. The lowest BCUT2D eigenvalue weighted by atomic mass is 10.1. The fourth-order valence-corrected chi connectivity index (χ4v) is 3.31. The number of thiocarbonyl (C=S) groups is 1. The average Bonchev–Trinajstić information content (AvgIpc) is 2.59. The molecule has 0 atom stereocenters. The van der Waals surface area contributed by atoms with Crippen LogP contribution in [0, 0.1) is 13.8 Å². The molecule has 0 aromatic heterocycles. The van der Waals surface area contributed by atoms with Crippen molar-refractivity contribution in [2.45, 2.75) is 13.8 Å². The first kappa shape index (κ1) is 16.6. The van der Waals surface area contributed by atoms with E-state index >= 15 is 0 Å². The molecule has 0 amide bonds. The van der Waals surface area contributed by atoms with Gasteiger partial charge in [0.25, 0.3) is 0 Å². The summed E-state index contributed by atoms with van der Waals surface area (Å²) in [5.74, 6) is 0.302. The van der Waals surface area contributed by atoms with Crippen molar-refractivity contribution in [3.63, 3.8) is 0 Å². The number of anilines is 2. The topological polar surface area (TPSA) is 38.7 Å². The number of hydrogen-bond acceptors (Lipinski definition) is 3. The Morgan fingerprint density at radius 1 is 0.958 bits per heavy atom. The molecule has 0 saturated carbocycles. The lowest BCUT2D eigenvalue weighted by Gasteiger charge is -2.37. The summed E-state index contributed by atoms with van der Waals surface area (Å²) in [4.78, 5) is 4.54. The van der Waals surface area contributed by atoms with E-state index < -0.39 is 0 Å². The number of aryl methyl sites for hydroxylation is 2. The van der Waals surface area contributed by atoms with Crippen molar-refractivity contribution in [3.8, 4) is 5.75 Å². The van der Waals surface area contributed by atoms with Crippen LogP contribution in [0.4, 0.5) is 11.4 Å². The number of nitrogens with zero attached hydrogens (tertiary/aromatic N) is 2. The monoisotopic (exact) mass is 341 g/mol. The second-order valence-electron chi connectivity index (χ2n) is 6.19. The normalized spacial score (nSPS) is 14.6. The molecule has 1 aliphatic rings. The minimum Gasteiger partial charge on any atom is -0.508 e. The lowest BCUT2D eigenvalue weighted by Crippen LogP contribution is -2.50. The molecule has 126 valence electrons. The Bertz CT molecular complexity index is 702. The summed E-state index contributed by atoms with van der Waals surface area (Å²) in [6, 6.07) is 13.6. The summed E-state index contributed by atoms with van der Waals surface area (Å²) in [6.07, 6.45) is 0. The smallest absolute Gasteiger partial charge is 0.173 e. The summed E-state index contributed by atoms with van der Waals surface area (Å²) in [6.45, 7) is 7.80. The van der Waals surface area contributed by atoms with Crippen LogP contribution >= 0.6 is 12.2 Å². The van der Waals surface area contributed by atoms with E-state index in [2.05, 4.69) is 47.2 Å². The van der Waals surface area contributed by atoms with Crippen LogP contribution in [-0.2, 0) is 0 Å². The Hall–Kier alpha value is -2.27. The van der Waals surface area contributed by atoms with Gasteiger partial charge in [-0.15, -0.1) is 0 Å². The van der Waals surface area contributed by atoms with Crippen LogP contribution in [0.25, 0.3) is 0 Å². The molecular formula is C19H23N3OS. The molecule has 0 radical (unpaired) electrons. The minimum absolute atomic E-state index is 0.302. The first-order valence-corrected chi connectivity index (χ1v) is 8.61. The summed E-state index contributed by atoms with van der Waals surface area (Å²) in [5.41, 5.74) is 4.67. The highest BCUT2D eigenvalue weighted by Crippen LogP contribution is 2.22. The molecule has 1 saturated heterocycles. The van der Waals surface area contributed by atoms with Gasteiger partial charge in [-0.1, -0.05) is 18.2 Å². The van der Waals surface area contributed by atoms with E-state index in [9.17, 15) is 5.11 Å². The Morgan fingerprint density at radius 3 is 2.12 bits per heavy atom. The van der Waals surface area contributed by atoms with E-state index in [1.807, 2.05) is 12.1 Å². The molecule has 1 heterocycles. The maximum atomic E-state index is 9.40. The van der Waals surface area contributed by atoms with Gasteiger partial charge in [0.15, 0.2) is 5.11 Å². The van der Waals surface area contributed by atoms with Gasteiger partial charge < -0.3 is 20.2 Å². The van der Waals surface area contributed by atoms with Gasteiger partial charge in [-0.3, -0.25) is 0 Å². The fourth-order valence-electron chi connectivity index (χ4n) is 3.03. The second kappa shape index (κ2) is 7.09. The van der Waals surface area contributed by atoms with Crippen molar-refractivity contribution in [3.05, 3.63) is 53.6 Å². The SMILES string of the molecule is Cc1cccc(C)c1NC(=S)N1CCN(c2ccc(O)cc2)CC1. The van der Waals surface area contributed by atoms with Gasteiger partial charge in [0.1, 0.15) is 5.75 Å². The Kier molecular flexibility index (Phi) is 4.90. The molecule has 1 aliphatic heterocycles. The highest BCUT2D eigenvalue weighted by Gasteiger charge is 2.19. The van der Waals surface area contributed by atoms with Crippen molar-refractivity contribution in [1.82, 2.24) is 4.90 Å². The first-order valence-electron chi connectivity index (χ1n) is 8.21. The third-order valence-corrected chi connectivity index (χ3v) is 4.86. The lowest BCUT2D eigenvalue weighted by molar-refractivity contribution is 0.391. The standard InChI is InChI=1S/C19H23N3OS/c1-14-4-3-5-15(2)18(14)20-19(24)22-12-10-21(11-13-22)16-6-8-17(23)9-7-16/h3-9,23H,10-13H2,1-2H3,(H,20,24). The molecule has 0 bridgehead atoms. The van der Waals surface area contributed by atoms with Crippen LogP contribution in [0.2, 0.25) is 0 Å². The van der Waals surface area contributed by atoms with Crippen molar-refractivity contribution in [1.29, 1.82) is 0 Å². The van der Waals surface area contributed by atoms with Crippen LogP contribution < -0.4 is 10.2 Å². The van der Waals surface area contributed by atoms with Crippen molar-refractivity contribution >= 4 is 28.7 Å².